The number of aliphatic hydroxyl groups is 1. The second kappa shape index (κ2) is 6.94. The maximum absolute atomic E-state index is 12.4. The van der Waals surface area contributed by atoms with Crippen LogP contribution in [0.1, 0.15) is 44.9 Å². The van der Waals surface area contributed by atoms with Crippen molar-refractivity contribution < 1.29 is 19.4 Å². The molecule has 146 valence electrons. The van der Waals surface area contributed by atoms with Gasteiger partial charge in [0.2, 0.25) is 0 Å². The molecule has 4 saturated carbocycles. The van der Waals surface area contributed by atoms with Crippen LogP contribution in [0.25, 0.3) is 0 Å². The Morgan fingerprint density at radius 2 is 1.85 bits per heavy atom. The number of carbonyl (C=O) groups excluding carboxylic acids is 2. The number of hydrogen-bond acceptors (Lipinski definition) is 4. The topological polar surface area (TPSA) is 75.6 Å². The highest BCUT2D eigenvalue weighted by Gasteiger charge is 2.57. The third-order valence-corrected chi connectivity index (χ3v) is 6.98. The largest absolute Gasteiger partial charge is 0.456 e. The van der Waals surface area contributed by atoms with E-state index in [9.17, 15) is 14.7 Å². The molecule has 1 aromatic carbocycles. The number of esters is 1. The van der Waals surface area contributed by atoms with E-state index >= 15 is 0 Å². The summed E-state index contributed by atoms with van der Waals surface area (Å²) in [5.41, 5.74) is -0.264. The quantitative estimate of drug-likeness (QED) is 0.711. The highest BCUT2D eigenvalue weighted by atomic mass is 35.5. The SMILES string of the molecule is O=C(COC(=O)CC12C[C@@H]3C[C@@H](CC(O)(C3)C1)C2)Nc1ccc(Cl)c(Cl)c1. The first-order chi connectivity index (χ1) is 12.7. The number of carbonyl (C=O) groups is 2. The van der Waals surface area contributed by atoms with Crippen LogP contribution in [0.15, 0.2) is 18.2 Å². The molecule has 4 aliphatic carbocycles. The van der Waals surface area contributed by atoms with Gasteiger partial charge in [-0.15, -0.1) is 0 Å². The van der Waals surface area contributed by atoms with E-state index in [0.29, 0.717) is 34.0 Å². The summed E-state index contributed by atoms with van der Waals surface area (Å²) in [5.74, 6) is 0.236. The first-order valence-electron chi connectivity index (χ1n) is 9.37. The molecule has 2 unspecified atom stereocenters. The second-order valence-electron chi connectivity index (χ2n) is 8.70. The van der Waals surface area contributed by atoms with Crippen LogP contribution in [-0.4, -0.2) is 29.2 Å². The van der Waals surface area contributed by atoms with E-state index in [1.807, 2.05) is 0 Å². The molecule has 4 fully saturated rings. The number of nitrogens with one attached hydrogen (secondary N) is 1. The lowest BCUT2D eigenvalue weighted by Gasteiger charge is -2.60. The number of ether oxygens (including phenoxy) is 1. The Morgan fingerprint density at radius 1 is 1.15 bits per heavy atom. The van der Waals surface area contributed by atoms with Gasteiger partial charge in [-0.05, 0) is 74.0 Å². The molecule has 27 heavy (non-hydrogen) atoms. The molecule has 4 bridgehead atoms. The van der Waals surface area contributed by atoms with Crippen molar-refractivity contribution in [3.05, 3.63) is 28.2 Å². The molecule has 0 aromatic heterocycles. The molecule has 7 heteroatoms. The van der Waals surface area contributed by atoms with Crippen molar-refractivity contribution >= 4 is 40.8 Å². The van der Waals surface area contributed by atoms with Gasteiger partial charge in [0, 0.05) is 5.69 Å². The van der Waals surface area contributed by atoms with E-state index in [2.05, 4.69) is 5.32 Å². The smallest absolute Gasteiger partial charge is 0.306 e. The molecular formula is C20H23Cl2NO4. The monoisotopic (exact) mass is 411 g/mol. The van der Waals surface area contributed by atoms with Crippen LogP contribution in [-0.2, 0) is 14.3 Å². The summed E-state index contributed by atoms with van der Waals surface area (Å²) in [4.78, 5) is 24.4. The van der Waals surface area contributed by atoms with E-state index in [-0.39, 0.29) is 24.4 Å². The van der Waals surface area contributed by atoms with E-state index in [1.54, 1.807) is 18.2 Å². The predicted molar refractivity (Wildman–Crippen MR) is 103 cm³/mol. The Morgan fingerprint density at radius 3 is 2.48 bits per heavy atom. The minimum Gasteiger partial charge on any atom is -0.456 e. The average molecular weight is 412 g/mol. The van der Waals surface area contributed by atoms with E-state index in [1.165, 1.54) is 6.42 Å². The Kier molecular flexibility index (Phi) is 4.90. The number of benzene rings is 1. The van der Waals surface area contributed by atoms with Crippen LogP contribution in [0.4, 0.5) is 5.69 Å². The van der Waals surface area contributed by atoms with Gasteiger partial charge in [-0.1, -0.05) is 23.2 Å². The van der Waals surface area contributed by atoms with Gasteiger partial charge in [0.25, 0.3) is 5.91 Å². The normalized spacial score (nSPS) is 33.7. The van der Waals surface area contributed by atoms with Crippen LogP contribution in [0, 0.1) is 17.3 Å². The van der Waals surface area contributed by atoms with Gasteiger partial charge in [0.15, 0.2) is 6.61 Å². The van der Waals surface area contributed by atoms with Crippen molar-refractivity contribution in [2.24, 2.45) is 17.3 Å². The molecule has 2 N–H and O–H groups in total. The summed E-state index contributed by atoms with van der Waals surface area (Å²) in [5, 5.41) is 14.1. The van der Waals surface area contributed by atoms with Crippen LogP contribution < -0.4 is 5.32 Å². The number of hydrogen-bond donors (Lipinski definition) is 2. The van der Waals surface area contributed by atoms with Crippen molar-refractivity contribution in [3.8, 4) is 0 Å². The van der Waals surface area contributed by atoms with Gasteiger partial charge < -0.3 is 15.2 Å². The number of halogens is 2. The van der Waals surface area contributed by atoms with Crippen molar-refractivity contribution in [2.75, 3.05) is 11.9 Å². The van der Waals surface area contributed by atoms with Gasteiger partial charge in [0.1, 0.15) is 0 Å². The average Bonchev–Trinajstić information content (AvgIpc) is 2.53. The molecule has 1 amide bonds. The maximum Gasteiger partial charge on any atom is 0.306 e. The first kappa shape index (κ1) is 19.0. The highest BCUT2D eigenvalue weighted by Crippen LogP contribution is 2.62. The molecule has 0 spiro atoms. The molecule has 5 rings (SSSR count). The van der Waals surface area contributed by atoms with Crippen LogP contribution in [0.3, 0.4) is 0 Å². The zero-order valence-electron chi connectivity index (χ0n) is 15.0. The molecule has 0 heterocycles. The van der Waals surface area contributed by atoms with Crippen molar-refractivity contribution in [3.63, 3.8) is 0 Å². The zero-order chi connectivity index (χ0) is 19.2. The molecule has 5 nitrogen and oxygen atoms in total. The second-order valence-corrected chi connectivity index (χ2v) is 9.51. The summed E-state index contributed by atoms with van der Waals surface area (Å²) in [6.45, 7) is -0.341. The molecule has 0 radical (unpaired) electrons. The van der Waals surface area contributed by atoms with Crippen LogP contribution >= 0.6 is 23.2 Å². The fourth-order valence-electron chi connectivity index (χ4n) is 5.88. The molecular weight excluding hydrogens is 389 g/mol. The fourth-order valence-corrected chi connectivity index (χ4v) is 6.18. The third-order valence-electron chi connectivity index (χ3n) is 6.24. The van der Waals surface area contributed by atoms with Crippen LogP contribution in [0.2, 0.25) is 10.0 Å². The van der Waals surface area contributed by atoms with Crippen molar-refractivity contribution in [1.29, 1.82) is 0 Å². The summed E-state index contributed by atoms with van der Waals surface area (Å²) in [6, 6.07) is 4.76. The lowest BCUT2D eigenvalue weighted by molar-refractivity contribution is -0.177. The molecule has 1 aromatic rings. The third kappa shape index (κ3) is 4.10. The number of anilines is 1. The zero-order valence-corrected chi connectivity index (χ0v) is 16.5. The lowest BCUT2D eigenvalue weighted by atomic mass is 9.47. The number of amides is 1. The van der Waals surface area contributed by atoms with E-state index in [4.69, 9.17) is 27.9 Å². The van der Waals surface area contributed by atoms with Gasteiger partial charge in [0.05, 0.1) is 22.1 Å². The number of rotatable bonds is 5. The summed E-state index contributed by atoms with van der Waals surface area (Å²) < 4.78 is 5.21. The maximum atomic E-state index is 12.4. The van der Waals surface area contributed by atoms with Gasteiger partial charge >= 0.3 is 5.97 Å². The molecule has 4 atom stereocenters. The Balaban J connectivity index is 1.30. The van der Waals surface area contributed by atoms with Crippen molar-refractivity contribution in [2.45, 2.75) is 50.5 Å². The Hall–Kier alpha value is -1.30. The highest BCUT2D eigenvalue weighted by molar-refractivity contribution is 6.42. The fraction of sp³-hybridized carbons (Fsp3) is 0.600. The summed E-state index contributed by atoms with van der Waals surface area (Å²) in [7, 11) is 0. The van der Waals surface area contributed by atoms with Gasteiger partial charge in [-0.25, -0.2) is 0 Å². The van der Waals surface area contributed by atoms with E-state index in [0.717, 1.165) is 25.7 Å². The minimum atomic E-state index is -0.602. The minimum absolute atomic E-state index is 0.157. The molecule has 0 aliphatic heterocycles. The predicted octanol–water partition coefficient (Wildman–Crippen LogP) is 4.20. The molecule has 4 aliphatic rings. The first-order valence-corrected chi connectivity index (χ1v) is 10.1. The van der Waals surface area contributed by atoms with Crippen molar-refractivity contribution in [1.82, 2.24) is 0 Å². The summed E-state index contributed by atoms with van der Waals surface area (Å²) in [6.07, 6.45) is 5.83. The van der Waals surface area contributed by atoms with Gasteiger partial charge in [-0.2, -0.15) is 0 Å². The van der Waals surface area contributed by atoms with Gasteiger partial charge in [-0.3, -0.25) is 9.59 Å². The lowest BCUT2D eigenvalue weighted by Crippen LogP contribution is -2.56. The Labute approximate surface area is 168 Å². The standard InChI is InChI=1S/C20H23Cl2NO4/c21-15-2-1-14(4-16(15)22)23-17(24)10-27-18(25)9-19-5-12-3-13(6-19)8-20(26,7-12)11-19/h1-2,4,12-13,26H,3,5-11H2,(H,23,24)/t12-,13+,19?,20?. The summed E-state index contributed by atoms with van der Waals surface area (Å²) >= 11 is 11.8. The molecule has 0 saturated heterocycles. The van der Waals surface area contributed by atoms with E-state index < -0.39 is 11.5 Å². The Bertz CT molecular complexity index is 767. The van der Waals surface area contributed by atoms with Crippen LogP contribution in [0.5, 0.6) is 0 Å².